The van der Waals surface area contributed by atoms with Crippen LogP contribution < -0.4 is 5.32 Å². The summed E-state index contributed by atoms with van der Waals surface area (Å²) in [5.74, 6) is -0.183. The second kappa shape index (κ2) is 57.9. The molecule has 1 amide bonds. The van der Waals surface area contributed by atoms with Gasteiger partial charge in [-0.15, -0.1) is 0 Å². The molecule has 9 heteroatoms. The Bertz CT molecular complexity index is 1420. The summed E-state index contributed by atoms with van der Waals surface area (Å²) in [6.07, 6.45) is 79.4. The highest BCUT2D eigenvalue weighted by atomic mass is 31.2. The first kappa shape index (κ1) is 74.2. The number of allylic oxidation sites excluding steroid dienone is 9. The summed E-state index contributed by atoms with van der Waals surface area (Å²) in [6.45, 7) is 4.80. The average molecular weight is 1090 g/mol. The number of likely N-dealkylation sites (N-methyl/N-ethyl adjacent to an activating group) is 1. The number of aliphatic hydroxyl groups excluding tert-OH is 1. The van der Waals surface area contributed by atoms with Gasteiger partial charge >= 0.3 is 7.82 Å². The van der Waals surface area contributed by atoms with Crippen LogP contribution in [0, 0.1) is 0 Å². The van der Waals surface area contributed by atoms with E-state index in [9.17, 15) is 19.4 Å². The maximum atomic E-state index is 13.0. The number of phosphoric acid groups is 1. The predicted octanol–water partition coefficient (Wildman–Crippen LogP) is 20.4. The minimum Gasteiger partial charge on any atom is -0.387 e. The molecule has 0 bridgehead atoms. The number of nitrogens with one attached hydrogen (secondary N) is 1. The quantitative estimate of drug-likeness (QED) is 0.0243. The van der Waals surface area contributed by atoms with Crippen molar-refractivity contribution in [1.82, 2.24) is 5.32 Å². The fraction of sp³-hybridized carbons (Fsp3) is 0.836. The summed E-state index contributed by atoms with van der Waals surface area (Å²) in [5.41, 5.74) is 0. The molecule has 0 aliphatic carbocycles. The Balaban J connectivity index is 3.93. The SMILES string of the molecule is CCCCCCC/C=C\C/C=C\C/C=C\CCCCCCCCCCCCCCCCCCCCCCCCCCC(=O)NC(COP(=O)(O)OCC[N+](C)(C)C)C(O)/C=C/CC/C=C/CCCCCCCCCCC. The number of nitrogens with zero attached hydrogens (tertiary/aromatic N) is 1. The van der Waals surface area contributed by atoms with Crippen LogP contribution in [0.2, 0.25) is 0 Å². The van der Waals surface area contributed by atoms with Gasteiger partial charge in [0, 0.05) is 6.42 Å². The summed E-state index contributed by atoms with van der Waals surface area (Å²) < 4.78 is 23.7. The van der Waals surface area contributed by atoms with E-state index >= 15 is 0 Å². The van der Waals surface area contributed by atoms with E-state index in [4.69, 9.17) is 9.05 Å². The van der Waals surface area contributed by atoms with Crippen LogP contribution >= 0.6 is 7.82 Å². The number of unbranched alkanes of at least 4 members (excludes halogenated alkanes) is 39. The van der Waals surface area contributed by atoms with Crippen LogP contribution in [0.3, 0.4) is 0 Å². The molecule has 446 valence electrons. The van der Waals surface area contributed by atoms with Crippen LogP contribution in [0.25, 0.3) is 0 Å². The van der Waals surface area contributed by atoms with Crippen LogP contribution in [0.1, 0.15) is 309 Å². The Kier molecular flexibility index (Phi) is 56.5. The topological polar surface area (TPSA) is 105 Å². The second-order valence-electron chi connectivity index (χ2n) is 23.5. The van der Waals surface area contributed by atoms with Gasteiger partial charge in [0.15, 0.2) is 0 Å². The molecule has 0 radical (unpaired) electrons. The van der Waals surface area contributed by atoms with E-state index in [0.717, 1.165) is 51.4 Å². The molecular formula is C67H128N2O6P+. The number of aliphatic hydroxyl groups is 1. The van der Waals surface area contributed by atoms with E-state index in [1.54, 1.807) is 6.08 Å². The van der Waals surface area contributed by atoms with Crippen molar-refractivity contribution in [3.8, 4) is 0 Å². The summed E-state index contributed by atoms with van der Waals surface area (Å²) in [5, 5.41) is 13.9. The summed E-state index contributed by atoms with van der Waals surface area (Å²) in [4.78, 5) is 23.3. The molecule has 3 unspecified atom stereocenters. The van der Waals surface area contributed by atoms with Crippen molar-refractivity contribution in [3.63, 3.8) is 0 Å². The highest BCUT2D eigenvalue weighted by molar-refractivity contribution is 7.47. The van der Waals surface area contributed by atoms with Crippen LogP contribution in [-0.2, 0) is 18.4 Å². The molecule has 76 heavy (non-hydrogen) atoms. The molecule has 0 fully saturated rings. The Labute approximate surface area is 472 Å². The van der Waals surface area contributed by atoms with Gasteiger partial charge in [0.25, 0.3) is 0 Å². The molecule has 0 saturated carbocycles. The van der Waals surface area contributed by atoms with Crippen molar-refractivity contribution >= 4 is 13.7 Å². The van der Waals surface area contributed by atoms with Crippen LogP contribution in [0.4, 0.5) is 0 Å². The van der Waals surface area contributed by atoms with Gasteiger partial charge in [-0.05, 0) is 70.6 Å². The van der Waals surface area contributed by atoms with Crippen LogP contribution in [0.15, 0.2) is 60.8 Å². The van der Waals surface area contributed by atoms with Gasteiger partial charge < -0.3 is 19.8 Å². The number of hydrogen-bond acceptors (Lipinski definition) is 5. The second-order valence-corrected chi connectivity index (χ2v) is 24.9. The van der Waals surface area contributed by atoms with Gasteiger partial charge in [0.2, 0.25) is 5.91 Å². The van der Waals surface area contributed by atoms with Gasteiger partial charge in [0.1, 0.15) is 13.2 Å². The van der Waals surface area contributed by atoms with E-state index in [1.165, 1.54) is 238 Å². The number of phosphoric ester groups is 1. The van der Waals surface area contributed by atoms with Crippen molar-refractivity contribution in [2.75, 3.05) is 40.9 Å². The lowest BCUT2D eigenvalue weighted by Crippen LogP contribution is -2.45. The molecule has 0 spiro atoms. The number of amides is 1. The van der Waals surface area contributed by atoms with E-state index in [2.05, 4.69) is 67.8 Å². The number of carbonyl (C=O) groups excluding carboxylic acids is 1. The largest absolute Gasteiger partial charge is 0.472 e. The van der Waals surface area contributed by atoms with Gasteiger partial charge in [-0.25, -0.2) is 4.57 Å². The molecule has 0 rings (SSSR count). The Morgan fingerprint density at radius 2 is 0.763 bits per heavy atom. The zero-order valence-corrected chi connectivity index (χ0v) is 51.9. The Hall–Kier alpha value is -1.80. The standard InChI is InChI=1S/C67H127N2O6P/c1-6-8-10-12-14-16-18-20-22-23-24-25-26-27-28-29-30-31-32-33-34-35-36-37-38-39-40-41-42-43-44-45-47-49-51-53-55-57-59-61-67(71)68-65(64-75-76(72,73)74-63-62-69(3,4)5)66(70)60-58-56-54-52-50-48-46-21-19-17-15-13-11-9-7-2/h18,20,23-24,26-27,50,52,58,60,65-66,70H,6-17,19,21-22,25,28-49,51,53-57,59,61-64H2,1-5H3,(H-,68,71,72,73)/p+1/b20-18-,24-23-,27-26-,52-50+,60-58+. The molecular weight excluding hydrogens is 960 g/mol. The minimum absolute atomic E-state index is 0.0567. The number of carbonyl (C=O) groups is 1. The first-order valence-corrected chi connectivity index (χ1v) is 34.2. The third kappa shape index (κ3) is 59.9. The predicted molar refractivity (Wildman–Crippen MR) is 332 cm³/mol. The van der Waals surface area contributed by atoms with E-state index < -0.39 is 20.0 Å². The number of quaternary nitrogens is 1. The maximum Gasteiger partial charge on any atom is 0.472 e. The Morgan fingerprint density at radius 3 is 1.14 bits per heavy atom. The fourth-order valence-corrected chi connectivity index (χ4v) is 10.3. The molecule has 0 aliphatic rings. The first-order valence-electron chi connectivity index (χ1n) is 32.7. The first-order chi connectivity index (χ1) is 37.0. The van der Waals surface area contributed by atoms with Gasteiger partial charge in [-0.2, -0.15) is 0 Å². The van der Waals surface area contributed by atoms with Crippen molar-refractivity contribution < 1.29 is 32.9 Å². The van der Waals surface area contributed by atoms with Gasteiger partial charge in [0.05, 0.1) is 39.9 Å². The fourth-order valence-electron chi connectivity index (χ4n) is 9.60. The molecule has 8 nitrogen and oxygen atoms in total. The maximum absolute atomic E-state index is 13.0. The zero-order chi connectivity index (χ0) is 55.6. The number of rotatable bonds is 60. The van der Waals surface area contributed by atoms with Crippen molar-refractivity contribution in [3.05, 3.63) is 60.8 Å². The van der Waals surface area contributed by atoms with Crippen molar-refractivity contribution in [2.24, 2.45) is 0 Å². The highest BCUT2D eigenvalue weighted by Crippen LogP contribution is 2.43. The molecule has 3 N–H and O–H groups in total. The Morgan fingerprint density at radius 1 is 0.447 bits per heavy atom. The van der Waals surface area contributed by atoms with E-state index in [0.29, 0.717) is 17.4 Å². The number of hydrogen-bond donors (Lipinski definition) is 3. The zero-order valence-electron chi connectivity index (χ0n) is 51.0. The summed E-state index contributed by atoms with van der Waals surface area (Å²) in [6, 6.07) is -0.863. The molecule has 0 aliphatic heterocycles. The third-order valence-electron chi connectivity index (χ3n) is 14.7. The monoisotopic (exact) mass is 1090 g/mol. The summed E-state index contributed by atoms with van der Waals surface area (Å²) >= 11 is 0. The molecule has 0 saturated heterocycles. The lowest BCUT2D eigenvalue weighted by Gasteiger charge is -2.25. The van der Waals surface area contributed by atoms with Gasteiger partial charge in [-0.1, -0.05) is 293 Å². The lowest BCUT2D eigenvalue weighted by molar-refractivity contribution is -0.870. The van der Waals surface area contributed by atoms with E-state index in [1.807, 2.05) is 27.2 Å². The van der Waals surface area contributed by atoms with Crippen LogP contribution in [0.5, 0.6) is 0 Å². The van der Waals surface area contributed by atoms with Gasteiger partial charge in [-0.3, -0.25) is 13.8 Å². The lowest BCUT2D eigenvalue weighted by atomic mass is 10.0. The average Bonchev–Trinajstić information content (AvgIpc) is 3.38. The molecule has 0 aromatic carbocycles. The molecule has 0 heterocycles. The van der Waals surface area contributed by atoms with Crippen LogP contribution in [-0.4, -0.2) is 73.4 Å². The third-order valence-corrected chi connectivity index (χ3v) is 15.7. The van der Waals surface area contributed by atoms with E-state index in [-0.39, 0.29) is 19.1 Å². The van der Waals surface area contributed by atoms with Crippen molar-refractivity contribution in [1.29, 1.82) is 0 Å². The normalized spacial score (nSPS) is 14.1. The molecule has 3 atom stereocenters. The molecule has 0 aromatic rings. The minimum atomic E-state index is -4.35. The highest BCUT2D eigenvalue weighted by Gasteiger charge is 2.27. The molecule has 0 aromatic heterocycles. The summed E-state index contributed by atoms with van der Waals surface area (Å²) in [7, 11) is 1.56. The van der Waals surface area contributed by atoms with Crippen molar-refractivity contribution in [2.45, 2.75) is 321 Å². The smallest absolute Gasteiger partial charge is 0.387 e.